The number of anilines is 1. The number of hydrogen-bond donors (Lipinski definition) is 1. The molecule has 1 heterocycles. The number of aryl methyl sites for hydroxylation is 1. The Bertz CT molecular complexity index is 1130. The van der Waals surface area contributed by atoms with E-state index in [9.17, 15) is 22.8 Å². The summed E-state index contributed by atoms with van der Waals surface area (Å²) in [5.41, 5.74) is 0.932. The second kappa shape index (κ2) is 9.41. The third-order valence-corrected chi connectivity index (χ3v) is 9.33. The van der Waals surface area contributed by atoms with E-state index in [-0.39, 0.29) is 23.3 Å². The summed E-state index contributed by atoms with van der Waals surface area (Å²) in [7, 11) is -2.75. The van der Waals surface area contributed by atoms with Gasteiger partial charge in [-0.15, -0.1) is 11.3 Å². The van der Waals surface area contributed by atoms with Crippen molar-refractivity contribution in [2.45, 2.75) is 49.2 Å². The van der Waals surface area contributed by atoms with Crippen LogP contribution < -0.4 is 5.32 Å². The van der Waals surface area contributed by atoms with Gasteiger partial charge in [0.1, 0.15) is 5.00 Å². The first-order valence-electron chi connectivity index (χ1n) is 10.1. The minimum Gasteiger partial charge on any atom is -0.465 e. The van der Waals surface area contributed by atoms with Gasteiger partial charge < -0.3 is 14.8 Å². The molecule has 0 saturated heterocycles. The molecule has 1 saturated carbocycles. The molecule has 0 radical (unpaired) electrons. The van der Waals surface area contributed by atoms with Crippen LogP contribution in [0.5, 0.6) is 0 Å². The number of rotatable bonds is 7. The summed E-state index contributed by atoms with van der Waals surface area (Å²) in [6.07, 6.45) is 1.42. The van der Waals surface area contributed by atoms with Crippen LogP contribution in [-0.4, -0.2) is 44.7 Å². The smallest absolute Gasteiger partial charge is 0.341 e. The molecule has 1 aliphatic rings. The molecular weight excluding hydrogens is 454 g/mol. The number of esters is 2. The zero-order valence-electron chi connectivity index (χ0n) is 18.1. The Hall–Kier alpha value is -2.72. The molecule has 1 fully saturated rings. The summed E-state index contributed by atoms with van der Waals surface area (Å²) >= 11 is 1.20. The van der Waals surface area contributed by atoms with Gasteiger partial charge in [-0.1, -0.05) is 31.0 Å². The van der Waals surface area contributed by atoms with Gasteiger partial charge >= 0.3 is 11.9 Å². The van der Waals surface area contributed by atoms with Crippen LogP contribution in [0.2, 0.25) is 0 Å². The summed E-state index contributed by atoms with van der Waals surface area (Å²) in [6.45, 7) is 2.88. The molecule has 3 rings (SSSR count). The van der Waals surface area contributed by atoms with E-state index in [0.29, 0.717) is 23.4 Å². The van der Waals surface area contributed by atoms with Gasteiger partial charge in [0.2, 0.25) is 0 Å². The number of sulfone groups is 1. The van der Waals surface area contributed by atoms with Crippen LogP contribution in [0.15, 0.2) is 35.2 Å². The number of methoxy groups -OCH3 is 1. The summed E-state index contributed by atoms with van der Waals surface area (Å²) in [4.78, 5) is 38.4. The first-order chi connectivity index (χ1) is 15.1. The average Bonchev–Trinajstić information content (AvgIpc) is 3.39. The summed E-state index contributed by atoms with van der Waals surface area (Å²) in [6, 6.07) is 7.78. The number of hydrogen-bond acceptors (Lipinski definition) is 8. The Morgan fingerprint density at radius 3 is 2.31 bits per heavy atom. The molecule has 0 bridgehead atoms. The van der Waals surface area contributed by atoms with Crippen molar-refractivity contribution in [2.24, 2.45) is 0 Å². The molecule has 0 aliphatic heterocycles. The van der Waals surface area contributed by atoms with Crippen LogP contribution in [0.3, 0.4) is 0 Å². The van der Waals surface area contributed by atoms with E-state index in [2.05, 4.69) is 5.32 Å². The quantitative estimate of drug-likeness (QED) is 0.605. The Labute approximate surface area is 190 Å². The number of amides is 1. The largest absolute Gasteiger partial charge is 0.465 e. The Balaban J connectivity index is 1.75. The number of benzene rings is 1. The lowest BCUT2D eigenvalue weighted by Gasteiger charge is -2.26. The van der Waals surface area contributed by atoms with Crippen LogP contribution in [0, 0.1) is 13.8 Å². The lowest BCUT2D eigenvalue weighted by atomic mass is 10.1. The maximum atomic E-state index is 13.3. The van der Waals surface area contributed by atoms with Gasteiger partial charge in [-0.2, -0.15) is 0 Å². The number of carbonyl (C=O) groups excluding carboxylic acids is 3. The molecule has 8 nitrogen and oxygen atoms in total. The lowest BCUT2D eigenvalue weighted by molar-refractivity contribution is -0.149. The predicted molar refractivity (Wildman–Crippen MR) is 120 cm³/mol. The minimum absolute atomic E-state index is 0.0514. The normalized spacial score (nSPS) is 15.2. The standard InChI is InChI=1S/C22H25NO7S2/c1-14-15(2)31-19(18(14)20(25)29-3)23-17(24)13-30-21(26)22(11-7-8-12-22)32(27,28)16-9-5-4-6-10-16/h4-6,9-10H,7-8,11-13H2,1-3H3,(H,23,24). The van der Waals surface area contributed by atoms with Crippen molar-refractivity contribution in [2.75, 3.05) is 19.0 Å². The van der Waals surface area contributed by atoms with Crippen LogP contribution in [-0.2, 0) is 28.9 Å². The van der Waals surface area contributed by atoms with E-state index in [0.717, 1.165) is 4.88 Å². The van der Waals surface area contributed by atoms with E-state index in [4.69, 9.17) is 9.47 Å². The molecule has 1 aliphatic carbocycles. The summed E-state index contributed by atoms with van der Waals surface area (Å²) in [5, 5.41) is 2.86. The molecule has 0 unspecified atom stereocenters. The monoisotopic (exact) mass is 479 g/mol. The van der Waals surface area contributed by atoms with Gasteiger partial charge in [-0.05, 0) is 44.4 Å². The van der Waals surface area contributed by atoms with E-state index in [1.807, 2.05) is 0 Å². The maximum absolute atomic E-state index is 13.3. The zero-order chi connectivity index (χ0) is 23.5. The van der Waals surface area contributed by atoms with Gasteiger partial charge in [0.15, 0.2) is 21.2 Å². The third-order valence-electron chi connectivity index (χ3n) is 5.71. The van der Waals surface area contributed by atoms with E-state index >= 15 is 0 Å². The van der Waals surface area contributed by atoms with Crippen LogP contribution in [0.1, 0.15) is 46.5 Å². The van der Waals surface area contributed by atoms with Crippen molar-refractivity contribution in [3.8, 4) is 0 Å². The SMILES string of the molecule is COC(=O)c1c(NC(=O)COC(=O)C2(S(=O)(=O)c3ccccc3)CCCC2)sc(C)c1C. The van der Waals surface area contributed by atoms with Gasteiger partial charge in [-0.25, -0.2) is 13.2 Å². The van der Waals surface area contributed by atoms with E-state index in [1.54, 1.807) is 32.0 Å². The third kappa shape index (κ3) is 4.29. The molecule has 10 heteroatoms. The van der Waals surface area contributed by atoms with Gasteiger partial charge in [0.05, 0.1) is 17.6 Å². The molecule has 2 aromatic rings. The average molecular weight is 480 g/mol. The first-order valence-corrected chi connectivity index (χ1v) is 12.4. The molecule has 32 heavy (non-hydrogen) atoms. The first kappa shape index (κ1) is 23.9. The highest BCUT2D eigenvalue weighted by Gasteiger charge is 2.54. The Morgan fingerprint density at radius 2 is 1.72 bits per heavy atom. The molecule has 1 amide bonds. The summed E-state index contributed by atoms with van der Waals surface area (Å²) in [5.74, 6) is -2.19. The molecular formula is C22H25NO7S2. The fourth-order valence-corrected chi connectivity index (χ4v) is 6.98. The van der Waals surface area contributed by atoms with Gasteiger partial charge in [0, 0.05) is 4.88 Å². The van der Waals surface area contributed by atoms with Gasteiger partial charge in [-0.3, -0.25) is 9.59 Å². The van der Waals surface area contributed by atoms with Crippen LogP contribution in [0.25, 0.3) is 0 Å². The molecule has 172 valence electrons. The van der Waals surface area contributed by atoms with Crippen molar-refractivity contribution in [1.29, 1.82) is 0 Å². The fourth-order valence-electron chi connectivity index (χ4n) is 3.84. The number of ether oxygens (including phenoxy) is 2. The van der Waals surface area contributed by atoms with Crippen molar-refractivity contribution < 1.29 is 32.3 Å². The van der Waals surface area contributed by atoms with Crippen molar-refractivity contribution in [1.82, 2.24) is 0 Å². The second-order valence-corrected chi connectivity index (χ2v) is 11.1. The zero-order valence-corrected chi connectivity index (χ0v) is 19.7. The highest BCUT2D eigenvalue weighted by atomic mass is 32.2. The Kier molecular flexibility index (Phi) is 7.04. The molecule has 1 N–H and O–H groups in total. The van der Waals surface area contributed by atoms with Crippen molar-refractivity contribution >= 4 is 44.0 Å². The highest BCUT2D eigenvalue weighted by Crippen LogP contribution is 2.41. The van der Waals surface area contributed by atoms with Gasteiger partial charge in [0.25, 0.3) is 5.91 Å². The molecule has 0 atom stereocenters. The molecule has 0 spiro atoms. The lowest BCUT2D eigenvalue weighted by Crippen LogP contribution is -2.46. The van der Waals surface area contributed by atoms with Crippen molar-refractivity contribution in [3.63, 3.8) is 0 Å². The number of thiophene rings is 1. The number of nitrogens with one attached hydrogen (secondary N) is 1. The second-order valence-electron chi connectivity index (χ2n) is 7.62. The van der Waals surface area contributed by atoms with Crippen LogP contribution in [0.4, 0.5) is 5.00 Å². The van der Waals surface area contributed by atoms with Crippen LogP contribution >= 0.6 is 11.3 Å². The fraction of sp³-hybridized carbons (Fsp3) is 0.409. The molecule has 1 aromatic heterocycles. The minimum atomic E-state index is -4.00. The van der Waals surface area contributed by atoms with Crippen molar-refractivity contribution in [3.05, 3.63) is 46.3 Å². The topological polar surface area (TPSA) is 116 Å². The maximum Gasteiger partial charge on any atom is 0.341 e. The highest BCUT2D eigenvalue weighted by molar-refractivity contribution is 7.93. The van der Waals surface area contributed by atoms with E-state index < -0.39 is 39.0 Å². The predicted octanol–water partition coefficient (Wildman–Crippen LogP) is 3.42. The Morgan fingerprint density at radius 1 is 1.09 bits per heavy atom. The molecule has 1 aromatic carbocycles. The summed E-state index contributed by atoms with van der Waals surface area (Å²) < 4.78 is 34.8. The number of carbonyl (C=O) groups is 3. The van der Waals surface area contributed by atoms with E-state index in [1.165, 1.54) is 30.6 Å².